The van der Waals surface area contributed by atoms with Gasteiger partial charge in [-0.05, 0) is 13.0 Å². The molecule has 0 heterocycles. The Bertz CT molecular complexity index is 456. The second-order valence-corrected chi connectivity index (χ2v) is 3.72. The molecule has 1 rings (SSSR count). The van der Waals surface area contributed by atoms with Crippen molar-refractivity contribution in [2.75, 3.05) is 21.3 Å². The molecule has 5 nitrogen and oxygen atoms in total. The van der Waals surface area contributed by atoms with Crippen molar-refractivity contribution >= 4 is 5.97 Å². The maximum absolute atomic E-state index is 14.2. The Kier molecular flexibility index (Phi) is 4.00. The third-order valence-corrected chi connectivity index (χ3v) is 2.61. The average molecular weight is 258 g/mol. The summed E-state index contributed by atoms with van der Waals surface area (Å²) in [6.45, 7) is 0.944. The topological polar surface area (TPSA) is 65.0 Å². The molecule has 0 bridgehead atoms. The van der Waals surface area contributed by atoms with Crippen LogP contribution in [0.25, 0.3) is 0 Å². The summed E-state index contributed by atoms with van der Waals surface area (Å²) in [7, 11) is 4.12. The molecule has 0 spiro atoms. The number of benzene rings is 1. The number of methoxy groups -OCH3 is 3. The Balaban J connectivity index is 3.48. The number of hydrogen-bond donors (Lipinski definition) is 1. The fourth-order valence-electron chi connectivity index (χ4n) is 1.51. The van der Waals surface area contributed by atoms with E-state index in [0.29, 0.717) is 5.75 Å². The Labute approximate surface area is 104 Å². The molecular weight excluding hydrogens is 243 g/mol. The van der Waals surface area contributed by atoms with Crippen LogP contribution in [0.1, 0.15) is 12.5 Å². The molecular formula is C12H15FO5. The molecule has 1 aromatic rings. The van der Waals surface area contributed by atoms with Gasteiger partial charge in [0.25, 0.3) is 0 Å². The summed E-state index contributed by atoms with van der Waals surface area (Å²) in [5.41, 5.74) is -2.71. The van der Waals surface area contributed by atoms with E-state index in [1.165, 1.54) is 33.5 Å². The maximum Gasteiger partial charge on any atom is 0.346 e. The van der Waals surface area contributed by atoms with Crippen molar-refractivity contribution in [1.29, 1.82) is 0 Å². The van der Waals surface area contributed by atoms with Gasteiger partial charge in [0.2, 0.25) is 5.67 Å². The highest BCUT2D eigenvalue weighted by Gasteiger charge is 2.39. The summed E-state index contributed by atoms with van der Waals surface area (Å²) in [5.74, 6) is -0.953. The molecule has 0 saturated carbocycles. The number of carboxylic acid groups (broad SMARTS) is 1. The van der Waals surface area contributed by atoms with Crippen LogP contribution in [0.4, 0.5) is 4.39 Å². The summed E-state index contributed by atoms with van der Waals surface area (Å²) in [5, 5.41) is 8.90. The van der Waals surface area contributed by atoms with Gasteiger partial charge in [-0.1, -0.05) is 0 Å². The largest absolute Gasteiger partial charge is 0.496 e. The van der Waals surface area contributed by atoms with Crippen molar-refractivity contribution < 1.29 is 28.5 Å². The van der Waals surface area contributed by atoms with Crippen LogP contribution in [0.15, 0.2) is 12.1 Å². The van der Waals surface area contributed by atoms with Gasteiger partial charge in [-0.3, -0.25) is 0 Å². The minimum Gasteiger partial charge on any atom is -0.496 e. The number of aliphatic carboxylic acids is 1. The van der Waals surface area contributed by atoms with Crippen LogP contribution in [-0.4, -0.2) is 32.4 Å². The smallest absolute Gasteiger partial charge is 0.346 e. The van der Waals surface area contributed by atoms with E-state index in [9.17, 15) is 9.18 Å². The second-order valence-electron chi connectivity index (χ2n) is 3.72. The number of alkyl halides is 1. The van der Waals surface area contributed by atoms with Crippen molar-refractivity contribution in [2.24, 2.45) is 0 Å². The molecule has 0 aliphatic carbocycles. The Morgan fingerprint density at radius 1 is 1.11 bits per heavy atom. The lowest BCUT2D eigenvalue weighted by Crippen LogP contribution is -2.27. The summed E-state index contributed by atoms with van der Waals surface area (Å²) in [6, 6.07) is 2.64. The molecule has 1 unspecified atom stereocenters. The minimum absolute atomic E-state index is 0.0834. The van der Waals surface area contributed by atoms with Crippen molar-refractivity contribution in [2.45, 2.75) is 12.6 Å². The van der Waals surface area contributed by atoms with Gasteiger partial charge < -0.3 is 19.3 Å². The number of carbonyl (C=O) groups is 1. The van der Waals surface area contributed by atoms with Crippen LogP contribution in [-0.2, 0) is 10.5 Å². The molecule has 1 aromatic carbocycles. The first-order valence-corrected chi connectivity index (χ1v) is 5.11. The van der Waals surface area contributed by atoms with Crippen molar-refractivity contribution in [3.8, 4) is 17.2 Å². The van der Waals surface area contributed by atoms with Crippen LogP contribution in [0.2, 0.25) is 0 Å². The van der Waals surface area contributed by atoms with Gasteiger partial charge in [0.1, 0.15) is 5.75 Å². The average Bonchev–Trinajstić information content (AvgIpc) is 2.36. The summed E-state index contributed by atoms with van der Waals surface area (Å²) < 4.78 is 29.2. The van der Waals surface area contributed by atoms with Gasteiger partial charge in [-0.15, -0.1) is 0 Å². The van der Waals surface area contributed by atoms with E-state index in [1.54, 1.807) is 0 Å². The van der Waals surface area contributed by atoms with Gasteiger partial charge in [0.15, 0.2) is 11.5 Å². The minimum atomic E-state index is -2.58. The van der Waals surface area contributed by atoms with E-state index in [4.69, 9.17) is 19.3 Å². The number of ether oxygens (including phenoxy) is 3. The maximum atomic E-state index is 14.2. The second kappa shape index (κ2) is 5.12. The molecule has 0 amide bonds. The van der Waals surface area contributed by atoms with E-state index in [2.05, 4.69) is 0 Å². The standard InChI is InChI=1S/C12H15FO5/c1-12(13,11(14)15)7-5-9(17-3)10(18-4)6-8(7)16-2/h5-6H,1-4H3,(H,14,15). The molecule has 0 aliphatic rings. The monoisotopic (exact) mass is 258 g/mol. The van der Waals surface area contributed by atoms with Crippen LogP contribution >= 0.6 is 0 Å². The quantitative estimate of drug-likeness (QED) is 0.874. The zero-order valence-corrected chi connectivity index (χ0v) is 10.6. The molecule has 6 heteroatoms. The first kappa shape index (κ1) is 14.1. The van der Waals surface area contributed by atoms with Crippen molar-refractivity contribution in [3.63, 3.8) is 0 Å². The predicted molar refractivity (Wildman–Crippen MR) is 62.2 cm³/mol. The molecule has 18 heavy (non-hydrogen) atoms. The molecule has 0 aliphatic heterocycles. The van der Waals surface area contributed by atoms with Gasteiger partial charge in [0, 0.05) is 11.6 Å². The third kappa shape index (κ3) is 2.32. The highest BCUT2D eigenvalue weighted by molar-refractivity contribution is 5.80. The van der Waals surface area contributed by atoms with E-state index < -0.39 is 11.6 Å². The molecule has 0 aromatic heterocycles. The molecule has 100 valence electrons. The molecule has 0 radical (unpaired) electrons. The number of rotatable bonds is 5. The number of carboxylic acids is 1. The Hall–Kier alpha value is -1.98. The Morgan fingerprint density at radius 3 is 1.94 bits per heavy atom. The molecule has 0 saturated heterocycles. The van der Waals surface area contributed by atoms with Crippen LogP contribution in [0, 0.1) is 0 Å². The summed E-state index contributed by atoms with van der Waals surface area (Å²) >= 11 is 0. The van der Waals surface area contributed by atoms with Gasteiger partial charge in [-0.2, -0.15) is 0 Å². The van der Waals surface area contributed by atoms with Crippen LogP contribution in [0.3, 0.4) is 0 Å². The van der Waals surface area contributed by atoms with Crippen molar-refractivity contribution in [1.82, 2.24) is 0 Å². The normalized spacial score (nSPS) is 13.6. The summed E-state index contributed by atoms with van der Waals surface area (Å²) in [4.78, 5) is 10.9. The lowest BCUT2D eigenvalue weighted by Gasteiger charge is -2.20. The highest BCUT2D eigenvalue weighted by atomic mass is 19.1. The molecule has 1 atom stereocenters. The zero-order valence-electron chi connectivity index (χ0n) is 10.6. The summed E-state index contributed by atoms with van der Waals surface area (Å²) in [6.07, 6.45) is 0. The number of hydrogen-bond acceptors (Lipinski definition) is 4. The third-order valence-electron chi connectivity index (χ3n) is 2.61. The molecule has 1 N–H and O–H groups in total. The fourth-order valence-corrected chi connectivity index (χ4v) is 1.51. The zero-order chi connectivity index (χ0) is 13.9. The first-order valence-electron chi connectivity index (χ1n) is 5.11. The first-order chi connectivity index (χ1) is 8.38. The van der Waals surface area contributed by atoms with Crippen LogP contribution in [0.5, 0.6) is 17.2 Å². The lowest BCUT2D eigenvalue weighted by atomic mass is 9.96. The fraction of sp³-hybridized carbons (Fsp3) is 0.417. The van der Waals surface area contributed by atoms with Crippen molar-refractivity contribution in [3.05, 3.63) is 17.7 Å². The van der Waals surface area contributed by atoms with E-state index in [-0.39, 0.29) is 17.1 Å². The lowest BCUT2D eigenvalue weighted by molar-refractivity contribution is -0.150. The highest BCUT2D eigenvalue weighted by Crippen LogP contribution is 2.41. The van der Waals surface area contributed by atoms with Crippen LogP contribution < -0.4 is 14.2 Å². The molecule has 0 fully saturated rings. The number of halogens is 1. The van der Waals surface area contributed by atoms with Gasteiger partial charge >= 0.3 is 5.97 Å². The van der Waals surface area contributed by atoms with Gasteiger partial charge in [0.05, 0.1) is 21.3 Å². The predicted octanol–water partition coefficient (Wildman–Crippen LogP) is 1.98. The van der Waals surface area contributed by atoms with E-state index in [0.717, 1.165) is 6.92 Å². The van der Waals surface area contributed by atoms with Gasteiger partial charge in [-0.25, -0.2) is 9.18 Å². The van der Waals surface area contributed by atoms with E-state index in [1.807, 2.05) is 0 Å². The SMILES string of the molecule is COc1cc(OC)c(C(C)(F)C(=O)O)cc1OC. The Morgan fingerprint density at radius 2 is 1.56 bits per heavy atom. The van der Waals surface area contributed by atoms with E-state index >= 15 is 0 Å².